The van der Waals surface area contributed by atoms with Crippen LogP contribution in [0.1, 0.15) is 19.3 Å². The van der Waals surface area contributed by atoms with Crippen molar-refractivity contribution in [2.24, 2.45) is 0 Å². The van der Waals surface area contributed by atoms with Gasteiger partial charge in [-0.25, -0.2) is 0 Å². The molecule has 0 bridgehead atoms. The molecule has 1 unspecified atom stereocenters. The van der Waals surface area contributed by atoms with Crippen LogP contribution in [0.15, 0.2) is 18.2 Å². The van der Waals surface area contributed by atoms with E-state index in [9.17, 15) is 15.2 Å². The quantitative estimate of drug-likeness (QED) is 0.643. The zero-order chi connectivity index (χ0) is 13.8. The van der Waals surface area contributed by atoms with Crippen LogP contribution in [-0.2, 0) is 0 Å². The molecule has 0 spiro atoms. The number of hydrogen-bond donors (Lipinski definition) is 2. The molecule has 2 rings (SSSR count). The first-order chi connectivity index (χ1) is 9.15. The highest BCUT2D eigenvalue weighted by Crippen LogP contribution is 2.31. The number of aliphatic hydroxyl groups excluding tert-OH is 1. The number of rotatable bonds is 4. The second-order valence-corrected chi connectivity index (χ2v) is 4.77. The average Bonchev–Trinajstić information content (AvgIpc) is 2.46. The first-order valence-electron chi connectivity index (χ1n) is 6.50. The Kier molecular flexibility index (Phi) is 4.21. The number of nitro benzene ring substituents is 1. The number of nitrogens with one attached hydrogen (secondary N) is 1. The fourth-order valence-corrected chi connectivity index (χ4v) is 2.54. The van der Waals surface area contributed by atoms with Crippen molar-refractivity contribution in [1.82, 2.24) is 0 Å². The Bertz CT molecular complexity index is 464. The minimum absolute atomic E-state index is 0.0560. The van der Waals surface area contributed by atoms with Crippen LogP contribution >= 0.6 is 0 Å². The van der Waals surface area contributed by atoms with Gasteiger partial charge < -0.3 is 15.3 Å². The first-order valence-corrected chi connectivity index (χ1v) is 6.50. The van der Waals surface area contributed by atoms with Crippen LogP contribution in [0, 0.1) is 10.1 Å². The van der Waals surface area contributed by atoms with E-state index < -0.39 is 0 Å². The van der Waals surface area contributed by atoms with E-state index in [4.69, 9.17) is 0 Å². The van der Waals surface area contributed by atoms with Crippen LogP contribution in [0.25, 0.3) is 0 Å². The van der Waals surface area contributed by atoms with Crippen LogP contribution in [0.2, 0.25) is 0 Å². The third-order valence-corrected chi connectivity index (χ3v) is 3.57. The van der Waals surface area contributed by atoms with Gasteiger partial charge in [0.05, 0.1) is 17.6 Å². The minimum atomic E-state index is -0.387. The smallest absolute Gasteiger partial charge is 0.273 e. The Labute approximate surface area is 112 Å². The number of anilines is 2. The summed E-state index contributed by atoms with van der Waals surface area (Å²) in [5.74, 6) is 0. The Morgan fingerprint density at radius 1 is 1.47 bits per heavy atom. The normalized spacial score (nSPS) is 19.3. The van der Waals surface area contributed by atoms with Crippen molar-refractivity contribution >= 4 is 17.1 Å². The summed E-state index contributed by atoms with van der Waals surface area (Å²) >= 11 is 0. The molecule has 104 valence electrons. The minimum Gasteiger partial charge on any atom is -0.394 e. The van der Waals surface area contributed by atoms with E-state index in [-0.39, 0.29) is 23.3 Å². The number of nitrogens with zero attached hydrogens (tertiary/aromatic N) is 2. The second-order valence-electron chi connectivity index (χ2n) is 4.77. The molecular weight excluding hydrogens is 246 g/mol. The zero-order valence-electron chi connectivity index (χ0n) is 11.0. The molecule has 1 aromatic carbocycles. The van der Waals surface area contributed by atoms with Crippen molar-refractivity contribution in [2.75, 3.05) is 30.4 Å². The monoisotopic (exact) mass is 265 g/mol. The molecule has 1 saturated heterocycles. The van der Waals surface area contributed by atoms with Crippen molar-refractivity contribution in [2.45, 2.75) is 25.3 Å². The van der Waals surface area contributed by atoms with Gasteiger partial charge in [-0.2, -0.15) is 0 Å². The lowest BCUT2D eigenvalue weighted by Crippen LogP contribution is -2.41. The Hall–Kier alpha value is -1.82. The Balaban J connectivity index is 2.36. The average molecular weight is 265 g/mol. The summed E-state index contributed by atoms with van der Waals surface area (Å²) in [6, 6.07) is 5.04. The molecule has 1 aliphatic rings. The molecular formula is C13H19N3O3. The lowest BCUT2D eigenvalue weighted by Gasteiger charge is -2.36. The Morgan fingerprint density at radius 2 is 2.26 bits per heavy atom. The van der Waals surface area contributed by atoms with Gasteiger partial charge in [-0.15, -0.1) is 0 Å². The number of non-ortho nitro benzene ring substituents is 1. The van der Waals surface area contributed by atoms with E-state index in [0.29, 0.717) is 5.69 Å². The molecule has 1 fully saturated rings. The maximum atomic E-state index is 11.0. The van der Waals surface area contributed by atoms with Gasteiger partial charge in [-0.3, -0.25) is 10.1 Å². The van der Waals surface area contributed by atoms with Gasteiger partial charge >= 0.3 is 0 Å². The molecule has 6 heteroatoms. The van der Waals surface area contributed by atoms with Gasteiger partial charge in [-0.05, 0) is 25.3 Å². The summed E-state index contributed by atoms with van der Waals surface area (Å²) in [7, 11) is 1.74. The molecule has 2 N–H and O–H groups in total. The largest absolute Gasteiger partial charge is 0.394 e. The Morgan fingerprint density at radius 3 is 2.89 bits per heavy atom. The fraction of sp³-hybridized carbons (Fsp3) is 0.538. The first kappa shape index (κ1) is 13.6. The van der Waals surface area contributed by atoms with E-state index in [1.54, 1.807) is 13.1 Å². The van der Waals surface area contributed by atoms with E-state index in [0.717, 1.165) is 31.5 Å². The fourth-order valence-electron chi connectivity index (χ4n) is 2.54. The highest BCUT2D eigenvalue weighted by atomic mass is 16.6. The number of aliphatic hydroxyl groups is 1. The van der Waals surface area contributed by atoms with Crippen LogP contribution in [0.3, 0.4) is 0 Å². The highest BCUT2D eigenvalue weighted by Gasteiger charge is 2.23. The highest BCUT2D eigenvalue weighted by molar-refractivity contribution is 5.64. The van der Waals surface area contributed by atoms with Gasteiger partial charge in [0.25, 0.3) is 5.69 Å². The third kappa shape index (κ3) is 2.96. The standard InChI is InChI=1S/C13H19N3O3/c1-14-10-6-12(8-13(7-10)16(18)19)15-5-3-2-4-11(15)9-17/h6-8,11,14,17H,2-5,9H2,1H3. The van der Waals surface area contributed by atoms with Gasteiger partial charge in [0.15, 0.2) is 0 Å². The number of hydrogen-bond acceptors (Lipinski definition) is 5. The molecule has 0 aliphatic carbocycles. The van der Waals surface area contributed by atoms with E-state index >= 15 is 0 Å². The van der Waals surface area contributed by atoms with Crippen molar-refractivity contribution in [3.8, 4) is 0 Å². The molecule has 1 heterocycles. The molecule has 0 aromatic heterocycles. The molecule has 0 saturated carbocycles. The molecule has 0 amide bonds. The van der Waals surface area contributed by atoms with Gasteiger partial charge in [0.2, 0.25) is 0 Å². The molecule has 0 radical (unpaired) electrons. The second kappa shape index (κ2) is 5.88. The third-order valence-electron chi connectivity index (χ3n) is 3.57. The van der Waals surface area contributed by atoms with E-state index in [1.807, 2.05) is 6.07 Å². The summed E-state index contributed by atoms with van der Waals surface area (Å²) in [5.41, 5.74) is 1.59. The number of benzene rings is 1. The lowest BCUT2D eigenvalue weighted by atomic mass is 10.0. The van der Waals surface area contributed by atoms with Gasteiger partial charge in [-0.1, -0.05) is 0 Å². The zero-order valence-corrected chi connectivity index (χ0v) is 11.0. The van der Waals surface area contributed by atoms with Crippen molar-refractivity contribution in [1.29, 1.82) is 0 Å². The predicted molar refractivity (Wildman–Crippen MR) is 74.7 cm³/mol. The molecule has 1 aromatic rings. The predicted octanol–water partition coefficient (Wildman–Crippen LogP) is 1.99. The van der Waals surface area contributed by atoms with Crippen LogP contribution < -0.4 is 10.2 Å². The molecule has 19 heavy (non-hydrogen) atoms. The van der Waals surface area contributed by atoms with Gasteiger partial charge in [0.1, 0.15) is 0 Å². The molecule has 1 aliphatic heterocycles. The van der Waals surface area contributed by atoms with Crippen LogP contribution in [-0.4, -0.2) is 36.3 Å². The van der Waals surface area contributed by atoms with Crippen molar-refractivity contribution in [3.63, 3.8) is 0 Å². The van der Waals surface area contributed by atoms with Crippen LogP contribution in [0.5, 0.6) is 0 Å². The molecule has 1 atom stereocenters. The summed E-state index contributed by atoms with van der Waals surface area (Å²) in [4.78, 5) is 12.6. The number of piperidine rings is 1. The van der Waals surface area contributed by atoms with Crippen molar-refractivity contribution in [3.05, 3.63) is 28.3 Å². The lowest BCUT2D eigenvalue weighted by molar-refractivity contribution is -0.384. The summed E-state index contributed by atoms with van der Waals surface area (Å²) < 4.78 is 0. The van der Waals surface area contributed by atoms with Crippen LogP contribution in [0.4, 0.5) is 17.1 Å². The maximum absolute atomic E-state index is 11.0. The van der Waals surface area contributed by atoms with Gasteiger partial charge in [0, 0.05) is 37.1 Å². The van der Waals surface area contributed by atoms with E-state index in [1.165, 1.54) is 6.07 Å². The summed E-state index contributed by atoms with van der Waals surface area (Å²) in [6.45, 7) is 0.910. The van der Waals surface area contributed by atoms with E-state index in [2.05, 4.69) is 10.2 Å². The number of nitro groups is 1. The SMILES string of the molecule is CNc1cc(N2CCCCC2CO)cc([N+](=O)[O-])c1. The molecule has 6 nitrogen and oxygen atoms in total. The summed E-state index contributed by atoms with van der Waals surface area (Å²) in [6.07, 6.45) is 3.07. The topological polar surface area (TPSA) is 78.6 Å². The maximum Gasteiger partial charge on any atom is 0.273 e. The summed E-state index contributed by atoms with van der Waals surface area (Å²) in [5, 5.41) is 23.3. The van der Waals surface area contributed by atoms with Crippen molar-refractivity contribution < 1.29 is 10.0 Å².